The molecule has 0 radical (unpaired) electrons. The normalized spacial score (nSPS) is 15.2. The van der Waals surface area contributed by atoms with E-state index >= 15 is 0 Å². The molecule has 9 rings (SSSR count). The van der Waals surface area contributed by atoms with Gasteiger partial charge in [0.2, 0.25) is 0 Å². The third-order valence-corrected chi connectivity index (χ3v) is 9.10. The molecule has 1 atom stereocenters. The van der Waals surface area contributed by atoms with E-state index in [1.54, 1.807) is 0 Å². The lowest BCUT2D eigenvalue weighted by Crippen LogP contribution is -2.35. The predicted molar refractivity (Wildman–Crippen MR) is 184 cm³/mol. The maximum atomic E-state index is 6.57. The molecule has 0 amide bonds. The van der Waals surface area contributed by atoms with Gasteiger partial charge in [0.1, 0.15) is 11.5 Å². The first-order valence-electron chi connectivity index (χ1n) is 15.4. The molecular formula is C42H27N3O. The first-order valence-corrected chi connectivity index (χ1v) is 15.4. The molecule has 0 bridgehead atoms. The van der Waals surface area contributed by atoms with Crippen LogP contribution in [0.5, 0.6) is 11.5 Å². The van der Waals surface area contributed by atoms with E-state index in [4.69, 9.17) is 14.7 Å². The van der Waals surface area contributed by atoms with Crippen LogP contribution in [0.1, 0.15) is 22.4 Å². The van der Waals surface area contributed by atoms with Crippen LogP contribution >= 0.6 is 0 Å². The molecule has 4 heterocycles. The van der Waals surface area contributed by atoms with Gasteiger partial charge in [0.15, 0.2) is 0 Å². The van der Waals surface area contributed by atoms with Crippen molar-refractivity contribution in [3.63, 3.8) is 0 Å². The summed E-state index contributed by atoms with van der Waals surface area (Å²) < 4.78 is 6.57. The highest BCUT2D eigenvalue weighted by Crippen LogP contribution is 2.55. The topological polar surface area (TPSA) is 47.9 Å². The molecule has 4 nitrogen and oxygen atoms in total. The number of fused-ring (bicyclic) bond motifs is 5. The van der Waals surface area contributed by atoms with E-state index in [1.165, 1.54) is 0 Å². The maximum Gasteiger partial charge on any atom is 0.132 e. The van der Waals surface area contributed by atoms with Crippen LogP contribution in [0.25, 0.3) is 44.2 Å². The molecule has 46 heavy (non-hydrogen) atoms. The largest absolute Gasteiger partial charge is 0.457 e. The minimum Gasteiger partial charge on any atom is -0.457 e. The highest BCUT2D eigenvalue weighted by atomic mass is 16.5. The van der Waals surface area contributed by atoms with Crippen molar-refractivity contribution in [1.82, 2.24) is 15.0 Å². The molecule has 0 fully saturated rings. The van der Waals surface area contributed by atoms with Crippen molar-refractivity contribution in [2.45, 2.75) is 5.41 Å². The van der Waals surface area contributed by atoms with Crippen LogP contribution in [0.4, 0.5) is 0 Å². The van der Waals surface area contributed by atoms with E-state index in [1.807, 2.05) is 36.7 Å². The molecule has 216 valence electrons. The number of hydrogen-bond acceptors (Lipinski definition) is 4. The SMILES string of the molecule is c1ccc(C2(c3ccccn3)c3ccccc3Oc3ccc(-c4ccc(-c5ccc6ccc7cccnc7c6n5)cc4)cc32)cc1. The van der Waals surface area contributed by atoms with Gasteiger partial charge in [-0.05, 0) is 59.2 Å². The van der Waals surface area contributed by atoms with Crippen LogP contribution in [-0.2, 0) is 5.41 Å². The summed E-state index contributed by atoms with van der Waals surface area (Å²) in [6.45, 7) is 0. The minimum absolute atomic E-state index is 0.658. The standard InChI is InChI=1S/C42H27N3O/c1-2-10-33(11-3-1)42(39-14-6-7-25-43-39)34-12-4-5-13-37(34)46-38-24-22-32(27-35(38)42)28-15-17-29(18-16-28)36-23-21-31-20-19-30-9-8-26-44-40(30)41(31)45-36/h1-27H. The lowest BCUT2D eigenvalue weighted by atomic mass is 9.65. The highest BCUT2D eigenvalue weighted by molar-refractivity contribution is 6.03. The number of hydrogen-bond donors (Lipinski definition) is 0. The number of nitrogens with zero attached hydrogens (tertiary/aromatic N) is 3. The van der Waals surface area contributed by atoms with Crippen molar-refractivity contribution >= 4 is 21.8 Å². The number of para-hydroxylation sites is 1. The van der Waals surface area contributed by atoms with E-state index in [9.17, 15) is 0 Å². The molecule has 1 aliphatic heterocycles. The van der Waals surface area contributed by atoms with E-state index in [0.717, 1.165) is 78.1 Å². The third kappa shape index (κ3) is 4.04. The zero-order valence-corrected chi connectivity index (χ0v) is 24.8. The Morgan fingerprint density at radius 1 is 0.457 bits per heavy atom. The summed E-state index contributed by atoms with van der Waals surface area (Å²) >= 11 is 0. The monoisotopic (exact) mass is 589 g/mol. The fraction of sp³-hybridized carbons (Fsp3) is 0.0238. The molecule has 0 aliphatic carbocycles. The molecule has 0 saturated heterocycles. The Kier molecular flexibility index (Phi) is 6.00. The fourth-order valence-electron chi connectivity index (χ4n) is 6.95. The van der Waals surface area contributed by atoms with Gasteiger partial charge >= 0.3 is 0 Å². The minimum atomic E-state index is -0.658. The van der Waals surface area contributed by atoms with Crippen molar-refractivity contribution in [1.29, 1.82) is 0 Å². The van der Waals surface area contributed by atoms with Gasteiger partial charge in [-0.3, -0.25) is 9.97 Å². The Bertz CT molecular complexity index is 2350. The number of aromatic nitrogens is 3. The Hall–Kier alpha value is -6.13. The number of ether oxygens (including phenoxy) is 1. The van der Waals surface area contributed by atoms with Crippen LogP contribution in [0, 0.1) is 0 Å². The molecular weight excluding hydrogens is 562 g/mol. The van der Waals surface area contributed by atoms with Gasteiger partial charge in [0, 0.05) is 39.9 Å². The van der Waals surface area contributed by atoms with E-state index in [0.29, 0.717) is 0 Å². The summed E-state index contributed by atoms with van der Waals surface area (Å²) in [4.78, 5) is 14.7. The van der Waals surface area contributed by atoms with Gasteiger partial charge in [-0.2, -0.15) is 0 Å². The average Bonchev–Trinajstić information content (AvgIpc) is 3.14. The number of rotatable bonds is 4. The zero-order valence-electron chi connectivity index (χ0n) is 24.8. The summed E-state index contributed by atoms with van der Waals surface area (Å²) in [5, 5.41) is 2.17. The summed E-state index contributed by atoms with van der Waals surface area (Å²) in [6, 6.07) is 52.7. The van der Waals surface area contributed by atoms with Gasteiger partial charge in [0.05, 0.1) is 27.8 Å². The zero-order chi connectivity index (χ0) is 30.5. The van der Waals surface area contributed by atoms with E-state index < -0.39 is 5.41 Å². The van der Waals surface area contributed by atoms with Crippen molar-refractivity contribution in [2.75, 3.05) is 0 Å². The van der Waals surface area contributed by atoms with Crippen LogP contribution < -0.4 is 4.74 Å². The van der Waals surface area contributed by atoms with E-state index in [-0.39, 0.29) is 0 Å². The molecule has 1 unspecified atom stereocenters. The first kappa shape index (κ1) is 26.3. The summed E-state index contributed by atoms with van der Waals surface area (Å²) in [6.07, 6.45) is 3.70. The molecule has 3 aromatic heterocycles. The summed E-state index contributed by atoms with van der Waals surface area (Å²) in [5.74, 6) is 1.67. The molecule has 0 spiro atoms. The Labute approximate surface area is 266 Å². The maximum absolute atomic E-state index is 6.57. The van der Waals surface area contributed by atoms with Crippen LogP contribution in [-0.4, -0.2) is 15.0 Å². The quantitative estimate of drug-likeness (QED) is 0.192. The van der Waals surface area contributed by atoms with Gasteiger partial charge in [-0.15, -0.1) is 0 Å². The lowest BCUT2D eigenvalue weighted by molar-refractivity contribution is 0.432. The Morgan fingerprint density at radius 2 is 1.15 bits per heavy atom. The lowest BCUT2D eigenvalue weighted by Gasteiger charge is -2.40. The molecule has 5 aromatic carbocycles. The van der Waals surface area contributed by atoms with Crippen LogP contribution in [0.15, 0.2) is 164 Å². The predicted octanol–water partition coefficient (Wildman–Crippen LogP) is 10.0. The second-order valence-electron chi connectivity index (χ2n) is 11.6. The molecule has 0 saturated carbocycles. The van der Waals surface area contributed by atoms with Gasteiger partial charge in [0.25, 0.3) is 0 Å². The van der Waals surface area contributed by atoms with Crippen molar-refractivity contribution in [3.8, 4) is 33.9 Å². The van der Waals surface area contributed by atoms with Crippen molar-refractivity contribution < 1.29 is 4.74 Å². The van der Waals surface area contributed by atoms with E-state index in [2.05, 4.69) is 132 Å². The van der Waals surface area contributed by atoms with Gasteiger partial charge in [-0.25, -0.2) is 4.98 Å². The second-order valence-corrected chi connectivity index (χ2v) is 11.6. The highest BCUT2D eigenvalue weighted by Gasteiger charge is 2.46. The van der Waals surface area contributed by atoms with Crippen LogP contribution in [0.2, 0.25) is 0 Å². The number of pyridine rings is 3. The molecule has 8 aromatic rings. The fourth-order valence-corrected chi connectivity index (χ4v) is 6.95. The molecule has 4 heteroatoms. The van der Waals surface area contributed by atoms with Gasteiger partial charge in [-0.1, -0.05) is 109 Å². The molecule has 0 N–H and O–H groups in total. The average molecular weight is 590 g/mol. The molecule has 1 aliphatic rings. The second kappa shape index (κ2) is 10.5. The van der Waals surface area contributed by atoms with Crippen molar-refractivity contribution in [3.05, 3.63) is 186 Å². The van der Waals surface area contributed by atoms with Gasteiger partial charge < -0.3 is 4.74 Å². The Balaban J connectivity index is 1.18. The summed E-state index contributed by atoms with van der Waals surface area (Å²) in [7, 11) is 0. The smallest absolute Gasteiger partial charge is 0.132 e. The van der Waals surface area contributed by atoms with Crippen LogP contribution in [0.3, 0.4) is 0 Å². The Morgan fingerprint density at radius 3 is 2.00 bits per heavy atom. The first-order chi connectivity index (χ1) is 22.8. The third-order valence-electron chi connectivity index (χ3n) is 9.10. The van der Waals surface area contributed by atoms with Crippen molar-refractivity contribution in [2.24, 2.45) is 0 Å². The summed E-state index contributed by atoms with van der Waals surface area (Å²) in [5.41, 5.74) is 9.61. The number of benzene rings is 5.